The van der Waals surface area contributed by atoms with Crippen molar-refractivity contribution in [2.75, 3.05) is 0 Å². The van der Waals surface area contributed by atoms with Crippen molar-refractivity contribution in [1.29, 1.82) is 0 Å². The smallest absolute Gasteiger partial charge is 0.307 e. The van der Waals surface area contributed by atoms with Gasteiger partial charge >= 0.3 is 5.97 Å². The zero-order valence-corrected chi connectivity index (χ0v) is 10.0. The Morgan fingerprint density at radius 3 is 2.25 bits per heavy atom. The molecule has 0 amide bonds. The van der Waals surface area contributed by atoms with Crippen LogP contribution in [-0.2, 0) is 4.79 Å². The Morgan fingerprint density at radius 2 is 2.00 bits per heavy atom. The van der Waals surface area contributed by atoms with Gasteiger partial charge in [-0.05, 0) is 10.4 Å². The molecule has 0 aromatic heterocycles. The summed E-state index contributed by atoms with van der Waals surface area (Å²) in [7, 11) is 0. The van der Waals surface area contributed by atoms with Crippen LogP contribution in [0.25, 0.3) is 0 Å². The molecular weight excluding hydrogens is 288 g/mol. The number of rotatable bonds is 2. The lowest BCUT2D eigenvalue weighted by atomic mass is 10.1. The third kappa shape index (κ3) is 1.46. The van der Waals surface area contributed by atoms with Crippen molar-refractivity contribution in [2.24, 2.45) is 17.3 Å². The Bertz CT molecular complexity index is 245. The lowest BCUT2D eigenvalue weighted by Gasteiger charge is -1.98. The molecule has 0 saturated heterocycles. The van der Waals surface area contributed by atoms with Crippen LogP contribution in [0.1, 0.15) is 13.8 Å². The largest absolute Gasteiger partial charge is 0.481 e. The van der Waals surface area contributed by atoms with Crippen molar-refractivity contribution in [3.05, 3.63) is 9.47 Å². The number of hydrogen-bond acceptors (Lipinski definition) is 1. The number of carboxylic acid groups (broad SMARTS) is 1. The van der Waals surface area contributed by atoms with Gasteiger partial charge in [-0.2, -0.15) is 0 Å². The molecule has 0 aromatic carbocycles. The summed E-state index contributed by atoms with van der Waals surface area (Å²) in [4.78, 5) is 12.5. The molecule has 1 aliphatic carbocycles. The zero-order valence-electron chi connectivity index (χ0n) is 6.84. The number of carbonyl (C=O) groups is 1. The van der Waals surface area contributed by atoms with E-state index in [4.69, 9.17) is 5.11 Å². The molecule has 12 heavy (non-hydrogen) atoms. The molecule has 1 fully saturated rings. The lowest BCUT2D eigenvalue weighted by Crippen LogP contribution is -2.03. The van der Waals surface area contributed by atoms with Crippen LogP contribution >= 0.6 is 31.9 Å². The third-order valence-corrected chi connectivity index (χ3v) is 4.32. The molecule has 1 rings (SSSR count). The number of aliphatic carboxylic acids is 1. The predicted molar refractivity (Wildman–Crippen MR) is 54.3 cm³/mol. The normalized spacial score (nSPS) is 33.2. The molecule has 0 spiro atoms. The van der Waals surface area contributed by atoms with Gasteiger partial charge in [0, 0.05) is 10.4 Å². The maximum Gasteiger partial charge on any atom is 0.307 e. The monoisotopic (exact) mass is 296 g/mol. The predicted octanol–water partition coefficient (Wildman–Crippen LogP) is 2.97. The van der Waals surface area contributed by atoms with E-state index in [0.717, 1.165) is 4.48 Å². The fourth-order valence-electron chi connectivity index (χ4n) is 1.68. The number of allylic oxidation sites excluding steroid dienone is 1. The Morgan fingerprint density at radius 1 is 1.50 bits per heavy atom. The van der Waals surface area contributed by atoms with E-state index in [2.05, 4.69) is 31.9 Å². The van der Waals surface area contributed by atoms with Crippen molar-refractivity contribution in [1.82, 2.24) is 0 Å². The Hall–Kier alpha value is 0.170. The van der Waals surface area contributed by atoms with Crippen molar-refractivity contribution < 1.29 is 9.90 Å². The third-order valence-electron chi connectivity index (χ3n) is 2.49. The number of carboxylic acids is 1. The second-order valence-corrected chi connectivity index (χ2v) is 4.98. The average Bonchev–Trinajstić information content (AvgIpc) is 2.52. The molecule has 0 aromatic rings. The van der Waals surface area contributed by atoms with E-state index in [1.807, 2.05) is 13.8 Å². The van der Waals surface area contributed by atoms with Gasteiger partial charge in [0.2, 0.25) is 0 Å². The Balaban J connectivity index is 2.80. The molecule has 4 heteroatoms. The fourth-order valence-corrected chi connectivity index (χ4v) is 2.82. The molecule has 1 N–H and O–H groups in total. The van der Waals surface area contributed by atoms with Gasteiger partial charge in [0.1, 0.15) is 0 Å². The van der Waals surface area contributed by atoms with Gasteiger partial charge in [0.05, 0.1) is 5.92 Å². The summed E-state index contributed by atoms with van der Waals surface area (Å²) in [5.74, 6) is -0.841. The van der Waals surface area contributed by atoms with E-state index in [1.165, 1.54) is 0 Å². The highest BCUT2D eigenvalue weighted by Gasteiger charge is 2.63. The van der Waals surface area contributed by atoms with Crippen molar-refractivity contribution in [2.45, 2.75) is 13.8 Å². The first-order valence-corrected chi connectivity index (χ1v) is 5.32. The summed E-state index contributed by atoms with van der Waals surface area (Å²) in [6.45, 7) is 3.93. The standard InChI is InChI=1S/C8H10Br2O2/c1-8(2)5(4(10)3-9)6(8)7(11)12/h3,5-6H,1-2H3,(H,11,12)/b4-3-. The maximum atomic E-state index is 10.7. The molecule has 2 atom stereocenters. The van der Waals surface area contributed by atoms with Crippen LogP contribution in [-0.4, -0.2) is 11.1 Å². The quantitative estimate of drug-likeness (QED) is 0.851. The molecule has 2 nitrogen and oxygen atoms in total. The zero-order chi connectivity index (χ0) is 9.52. The van der Waals surface area contributed by atoms with E-state index in [0.29, 0.717) is 0 Å². The van der Waals surface area contributed by atoms with Crippen LogP contribution in [0.15, 0.2) is 9.47 Å². The first-order chi connectivity index (χ1) is 5.42. The van der Waals surface area contributed by atoms with Crippen LogP contribution in [0, 0.1) is 17.3 Å². The molecule has 1 aliphatic rings. The summed E-state index contributed by atoms with van der Waals surface area (Å²) in [6, 6.07) is 0. The van der Waals surface area contributed by atoms with Crippen molar-refractivity contribution >= 4 is 37.8 Å². The molecule has 0 heterocycles. The highest BCUT2D eigenvalue weighted by atomic mass is 79.9. The van der Waals surface area contributed by atoms with E-state index in [1.54, 1.807) is 4.99 Å². The first kappa shape index (κ1) is 10.3. The molecule has 0 radical (unpaired) electrons. The topological polar surface area (TPSA) is 37.3 Å². The Labute approximate surface area is 88.3 Å². The van der Waals surface area contributed by atoms with Gasteiger partial charge in [0.25, 0.3) is 0 Å². The van der Waals surface area contributed by atoms with Gasteiger partial charge in [-0.3, -0.25) is 4.79 Å². The second-order valence-electron chi connectivity index (χ2n) is 3.61. The molecule has 1 saturated carbocycles. The van der Waals surface area contributed by atoms with Crippen LogP contribution in [0.2, 0.25) is 0 Å². The molecule has 0 aliphatic heterocycles. The first-order valence-electron chi connectivity index (χ1n) is 3.61. The van der Waals surface area contributed by atoms with E-state index in [-0.39, 0.29) is 17.3 Å². The summed E-state index contributed by atoms with van der Waals surface area (Å²) in [6.07, 6.45) is 0. The molecular formula is C8H10Br2O2. The highest BCUT2D eigenvalue weighted by molar-refractivity contribution is 9.14. The molecule has 68 valence electrons. The van der Waals surface area contributed by atoms with Crippen molar-refractivity contribution in [3.63, 3.8) is 0 Å². The van der Waals surface area contributed by atoms with E-state index >= 15 is 0 Å². The minimum absolute atomic E-state index is 0.116. The van der Waals surface area contributed by atoms with Gasteiger partial charge in [-0.25, -0.2) is 0 Å². The number of hydrogen-bond donors (Lipinski definition) is 1. The Kier molecular flexibility index (Phi) is 2.69. The van der Waals surface area contributed by atoms with E-state index < -0.39 is 5.97 Å². The van der Waals surface area contributed by atoms with Gasteiger partial charge in [-0.15, -0.1) is 0 Å². The minimum Gasteiger partial charge on any atom is -0.481 e. The van der Waals surface area contributed by atoms with E-state index in [9.17, 15) is 4.79 Å². The van der Waals surface area contributed by atoms with Gasteiger partial charge < -0.3 is 5.11 Å². The van der Waals surface area contributed by atoms with Crippen LogP contribution in [0.3, 0.4) is 0 Å². The second kappa shape index (κ2) is 3.14. The highest BCUT2D eigenvalue weighted by Crippen LogP contribution is 2.63. The average molecular weight is 298 g/mol. The minimum atomic E-state index is -0.712. The van der Waals surface area contributed by atoms with Crippen LogP contribution in [0.5, 0.6) is 0 Å². The summed E-state index contributed by atoms with van der Waals surface area (Å²) in [5, 5.41) is 8.84. The lowest BCUT2D eigenvalue weighted by molar-refractivity contribution is -0.139. The summed E-state index contributed by atoms with van der Waals surface area (Å²) >= 11 is 6.52. The van der Waals surface area contributed by atoms with Gasteiger partial charge in [-0.1, -0.05) is 45.7 Å². The SMILES string of the molecule is CC1(C)C(C(=O)O)C1/C(Br)=C/Br. The maximum absolute atomic E-state index is 10.7. The number of halogens is 2. The summed E-state index contributed by atoms with van der Waals surface area (Å²) < 4.78 is 0.930. The van der Waals surface area contributed by atoms with Gasteiger partial charge in [0.15, 0.2) is 0 Å². The van der Waals surface area contributed by atoms with Crippen LogP contribution in [0.4, 0.5) is 0 Å². The molecule has 2 unspecified atom stereocenters. The summed E-state index contributed by atoms with van der Waals surface area (Å²) in [5.41, 5.74) is -0.116. The fraction of sp³-hybridized carbons (Fsp3) is 0.625. The molecule has 0 bridgehead atoms. The van der Waals surface area contributed by atoms with Crippen LogP contribution < -0.4 is 0 Å². The van der Waals surface area contributed by atoms with Crippen molar-refractivity contribution in [3.8, 4) is 0 Å².